The van der Waals surface area contributed by atoms with Gasteiger partial charge in [0.05, 0.1) is 18.9 Å². The molecule has 4 amide bonds. The molecule has 1 saturated heterocycles. The van der Waals surface area contributed by atoms with Gasteiger partial charge >= 0.3 is 6.09 Å². The molecular formula is C41H56F2N6O9S. The number of sulfonamides is 1. The lowest BCUT2D eigenvalue weighted by Crippen LogP contribution is -2.66. The standard InChI is InChI=1S/C41H56F2N6O9S/c1-23-11-9-10-12-26-21-41(26,37(52)46-59(55,56)29-14-15-29)45-34(50)31-20-28(58-35-30-16-13-27(57-8)18-25(30)19-32(44-35)47(6)7)22-48(31)36(51)33(24(2)17-23)49(38(53)54)39(3,4)40(5,42)43/h10,12-13,16,18-19,23-24,26,28-29,31,33H,9,11,14-15,17,20-22H2,1-8H3,(H,45,50)(H,46,52)(H,53,54)/b12-10-/t23-,24+,26+,28+,31-,33-,41+/m0/s1. The van der Waals surface area contributed by atoms with Gasteiger partial charge < -0.3 is 29.7 Å². The van der Waals surface area contributed by atoms with Gasteiger partial charge in [-0.05, 0) is 93.9 Å². The molecule has 0 bridgehead atoms. The van der Waals surface area contributed by atoms with Crippen LogP contribution in [0.1, 0.15) is 79.6 Å². The van der Waals surface area contributed by atoms with Crippen LogP contribution in [0.3, 0.4) is 0 Å². The smallest absolute Gasteiger partial charge is 0.408 e. The fourth-order valence-corrected chi connectivity index (χ4v) is 9.72. The van der Waals surface area contributed by atoms with Crippen molar-refractivity contribution in [3.8, 4) is 11.6 Å². The van der Waals surface area contributed by atoms with Crippen LogP contribution in [0.15, 0.2) is 36.4 Å². The van der Waals surface area contributed by atoms with Crippen molar-refractivity contribution in [3.63, 3.8) is 0 Å². The van der Waals surface area contributed by atoms with Crippen LogP contribution in [-0.2, 0) is 24.4 Å². The molecule has 3 N–H and O–H groups in total. The second-order valence-electron chi connectivity index (χ2n) is 17.6. The van der Waals surface area contributed by atoms with Crippen LogP contribution in [-0.4, -0.2) is 120 Å². The maximum atomic E-state index is 15.4. The van der Waals surface area contributed by atoms with Crippen molar-refractivity contribution < 1.29 is 51.0 Å². The number of hydrogen-bond donors (Lipinski definition) is 3. The van der Waals surface area contributed by atoms with Crippen molar-refractivity contribution in [3.05, 3.63) is 36.4 Å². The van der Waals surface area contributed by atoms with Gasteiger partial charge in [0, 0.05) is 38.7 Å². The van der Waals surface area contributed by atoms with Crippen LogP contribution in [0.2, 0.25) is 0 Å². The summed E-state index contributed by atoms with van der Waals surface area (Å²) in [6, 6.07) is 4.09. The third-order valence-corrected chi connectivity index (χ3v) is 14.3. The number of hydrogen-bond acceptors (Lipinski definition) is 10. The SMILES string of the molecule is COc1ccc2c(O[C@@H]3C[C@H]4C(=O)N[C@]5(C(=O)NS(=O)(=O)C6CC6)C[C@H]5/C=C\CC[C@H](C)C[C@@H](C)[C@H](N(C(=O)O)C(C)(C)C(C)(F)F)C(=O)N4C3)nc(N(C)C)cc2c1. The highest BCUT2D eigenvalue weighted by Crippen LogP contribution is 2.47. The first-order chi connectivity index (χ1) is 27.5. The average Bonchev–Trinajstić information content (AvgIpc) is 4.07. The summed E-state index contributed by atoms with van der Waals surface area (Å²) >= 11 is 0. The number of allylic oxidation sites excluding steroid dienone is 1. The molecule has 324 valence electrons. The first kappa shape index (κ1) is 43.8. The van der Waals surface area contributed by atoms with E-state index in [0.717, 1.165) is 24.1 Å². The molecule has 0 radical (unpaired) electrons. The number of nitrogens with zero attached hydrogens (tertiary/aromatic N) is 4. The van der Waals surface area contributed by atoms with Crippen LogP contribution in [0.5, 0.6) is 11.6 Å². The summed E-state index contributed by atoms with van der Waals surface area (Å²) in [7, 11) is 1.14. The maximum Gasteiger partial charge on any atom is 0.408 e. The first-order valence-corrected chi connectivity index (χ1v) is 21.6. The van der Waals surface area contributed by atoms with Crippen LogP contribution >= 0.6 is 0 Å². The van der Waals surface area contributed by atoms with Gasteiger partial charge in [-0.3, -0.25) is 24.0 Å². The first-order valence-electron chi connectivity index (χ1n) is 20.1. The minimum atomic E-state index is -4.00. The number of carbonyl (C=O) groups is 4. The quantitative estimate of drug-likeness (QED) is 0.275. The van der Waals surface area contributed by atoms with E-state index >= 15 is 13.6 Å². The molecule has 2 aliphatic carbocycles. The molecule has 1 aromatic heterocycles. The molecule has 2 saturated carbocycles. The second-order valence-corrected chi connectivity index (χ2v) is 19.5. The summed E-state index contributed by atoms with van der Waals surface area (Å²) in [4.78, 5) is 65.0. The minimum Gasteiger partial charge on any atom is -0.497 e. The Hall–Kier alpha value is -4.74. The normalized spacial score (nSPS) is 28.6. The van der Waals surface area contributed by atoms with E-state index in [2.05, 4.69) is 10.0 Å². The molecule has 2 aliphatic heterocycles. The van der Waals surface area contributed by atoms with E-state index in [1.807, 2.05) is 19.1 Å². The predicted molar refractivity (Wildman–Crippen MR) is 216 cm³/mol. The fraction of sp³-hybridized carbons (Fsp3) is 0.634. The third kappa shape index (κ3) is 8.78. The van der Waals surface area contributed by atoms with E-state index in [-0.39, 0.29) is 37.6 Å². The minimum absolute atomic E-state index is 0.0976. The van der Waals surface area contributed by atoms with Crippen molar-refractivity contribution in [2.75, 3.05) is 32.6 Å². The number of halogens is 2. The Kier molecular flexibility index (Phi) is 11.9. The van der Waals surface area contributed by atoms with Crippen molar-refractivity contribution in [1.29, 1.82) is 0 Å². The number of amides is 4. The Balaban J connectivity index is 1.44. The summed E-state index contributed by atoms with van der Waals surface area (Å²) in [6.07, 6.45) is 3.14. The number of anilines is 1. The average molecular weight is 847 g/mol. The zero-order valence-electron chi connectivity index (χ0n) is 34.8. The largest absolute Gasteiger partial charge is 0.497 e. The zero-order valence-corrected chi connectivity index (χ0v) is 35.6. The van der Waals surface area contributed by atoms with E-state index in [4.69, 9.17) is 14.5 Å². The highest BCUT2D eigenvalue weighted by Gasteiger charge is 2.62. The van der Waals surface area contributed by atoms with E-state index in [0.29, 0.717) is 54.5 Å². The number of methoxy groups -OCH3 is 1. The Labute approximate surface area is 343 Å². The topological polar surface area (TPSA) is 188 Å². The van der Waals surface area contributed by atoms with Crippen molar-refractivity contribution in [2.45, 2.75) is 120 Å². The van der Waals surface area contributed by atoms with E-state index in [9.17, 15) is 27.9 Å². The Morgan fingerprint density at radius 2 is 1.78 bits per heavy atom. The molecule has 6 rings (SSSR count). The zero-order chi connectivity index (χ0) is 43.4. The highest BCUT2D eigenvalue weighted by molar-refractivity contribution is 7.91. The molecule has 2 aromatic rings. The number of rotatable bonds is 10. The number of nitrogens with one attached hydrogen (secondary N) is 2. The molecule has 0 spiro atoms. The number of fused-ring (bicyclic) bond motifs is 3. The molecule has 18 heteroatoms. The lowest BCUT2D eigenvalue weighted by atomic mass is 9.84. The van der Waals surface area contributed by atoms with Gasteiger partial charge in [-0.15, -0.1) is 0 Å². The molecule has 4 aliphatic rings. The fourth-order valence-electron chi connectivity index (χ4n) is 8.35. The van der Waals surface area contributed by atoms with Gasteiger partial charge in [-0.25, -0.2) is 22.0 Å². The summed E-state index contributed by atoms with van der Waals surface area (Å²) in [5.74, 6) is -6.31. The molecule has 15 nitrogen and oxygen atoms in total. The maximum absolute atomic E-state index is 15.4. The van der Waals surface area contributed by atoms with Crippen LogP contribution in [0.25, 0.3) is 10.8 Å². The molecule has 3 heterocycles. The monoisotopic (exact) mass is 846 g/mol. The molecule has 59 heavy (non-hydrogen) atoms. The molecular weight excluding hydrogens is 791 g/mol. The van der Waals surface area contributed by atoms with Crippen molar-refractivity contribution in [2.24, 2.45) is 17.8 Å². The van der Waals surface area contributed by atoms with Gasteiger partial charge in [-0.1, -0.05) is 26.0 Å². The van der Waals surface area contributed by atoms with Gasteiger partial charge in [0.2, 0.25) is 27.7 Å². The van der Waals surface area contributed by atoms with Gasteiger partial charge in [0.25, 0.3) is 11.8 Å². The number of carboxylic acid groups (broad SMARTS) is 1. The Bertz CT molecular complexity index is 2120. The number of pyridine rings is 1. The number of carbonyl (C=O) groups excluding carboxylic acids is 3. The third-order valence-electron chi connectivity index (χ3n) is 12.5. The molecule has 1 aromatic carbocycles. The molecule has 0 unspecified atom stereocenters. The summed E-state index contributed by atoms with van der Waals surface area (Å²) in [5, 5.41) is 14.1. The van der Waals surface area contributed by atoms with Gasteiger partial charge in [-0.2, -0.15) is 4.98 Å². The van der Waals surface area contributed by atoms with Crippen LogP contribution in [0.4, 0.5) is 19.4 Å². The number of ether oxygens (including phenoxy) is 2. The number of benzene rings is 1. The van der Waals surface area contributed by atoms with Crippen LogP contribution in [0, 0.1) is 17.8 Å². The van der Waals surface area contributed by atoms with Crippen LogP contribution < -0.4 is 24.4 Å². The van der Waals surface area contributed by atoms with E-state index < -0.39 is 86.1 Å². The molecule has 3 fully saturated rings. The summed E-state index contributed by atoms with van der Waals surface area (Å²) < 4.78 is 70.8. The lowest BCUT2D eigenvalue weighted by Gasteiger charge is -2.47. The highest BCUT2D eigenvalue weighted by atomic mass is 32.2. The van der Waals surface area contributed by atoms with E-state index in [1.165, 1.54) is 7.11 Å². The molecule has 7 atom stereocenters. The van der Waals surface area contributed by atoms with Gasteiger partial charge in [0.1, 0.15) is 40.8 Å². The lowest BCUT2D eigenvalue weighted by molar-refractivity contribution is -0.156. The number of alkyl halides is 2. The Morgan fingerprint density at radius 1 is 1.08 bits per heavy atom. The summed E-state index contributed by atoms with van der Waals surface area (Å²) in [5.41, 5.74) is -4.03. The summed E-state index contributed by atoms with van der Waals surface area (Å²) in [6.45, 7) is 6.05. The van der Waals surface area contributed by atoms with Crippen molar-refractivity contribution in [1.82, 2.24) is 24.8 Å². The van der Waals surface area contributed by atoms with Gasteiger partial charge in [0.15, 0.2) is 0 Å². The Morgan fingerprint density at radius 3 is 2.39 bits per heavy atom. The van der Waals surface area contributed by atoms with E-state index in [1.54, 1.807) is 50.2 Å². The predicted octanol–water partition coefficient (Wildman–Crippen LogP) is 4.94. The van der Waals surface area contributed by atoms with Crippen molar-refractivity contribution >= 4 is 50.4 Å². The second kappa shape index (κ2) is 16.0. The number of aromatic nitrogens is 1.